The van der Waals surface area contributed by atoms with E-state index in [-0.39, 0.29) is 12.5 Å². The summed E-state index contributed by atoms with van der Waals surface area (Å²) in [6.07, 6.45) is 0. The van der Waals surface area contributed by atoms with Crippen LogP contribution in [0.3, 0.4) is 0 Å². The lowest BCUT2D eigenvalue weighted by molar-refractivity contribution is -0.115. The Hall–Kier alpha value is -2.52. The van der Waals surface area contributed by atoms with E-state index in [2.05, 4.69) is 45.3 Å². The van der Waals surface area contributed by atoms with Crippen LogP contribution in [0.4, 0.5) is 5.69 Å². The summed E-state index contributed by atoms with van der Waals surface area (Å²) in [5.74, 6) is 7.64. The zero-order chi connectivity index (χ0) is 21.7. The van der Waals surface area contributed by atoms with Crippen LogP contribution < -0.4 is 15.9 Å². The standard InChI is InChI=1S/C21H24BrN5O2S/c1-13(2)15-4-10-18(11-5-15)29-12-19-25-26-21(27(19)23)30-14(3)20(28)24-17-8-6-16(22)7-9-17/h4-11,13-14H,12,23H2,1-3H3,(H,24,28). The number of anilines is 1. The van der Waals surface area contributed by atoms with E-state index in [0.29, 0.717) is 16.9 Å². The van der Waals surface area contributed by atoms with Crippen molar-refractivity contribution in [2.75, 3.05) is 11.2 Å². The summed E-state index contributed by atoms with van der Waals surface area (Å²) in [6.45, 7) is 6.27. The number of hydrogen-bond acceptors (Lipinski definition) is 6. The van der Waals surface area contributed by atoms with E-state index in [1.165, 1.54) is 22.0 Å². The number of amides is 1. The van der Waals surface area contributed by atoms with Gasteiger partial charge in [-0.05, 0) is 54.8 Å². The fraction of sp³-hybridized carbons (Fsp3) is 0.286. The van der Waals surface area contributed by atoms with E-state index >= 15 is 0 Å². The molecule has 0 radical (unpaired) electrons. The van der Waals surface area contributed by atoms with E-state index in [1.54, 1.807) is 6.92 Å². The predicted molar refractivity (Wildman–Crippen MR) is 123 cm³/mol. The lowest BCUT2D eigenvalue weighted by atomic mass is 10.0. The maximum absolute atomic E-state index is 12.4. The lowest BCUT2D eigenvalue weighted by Gasteiger charge is -2.12. The highest BCUT2D eigenvalue weighted by Gasteiger charge is 2.19. The first-order valence-electron chi connectivity index (χ1n) is 9.48. The average Bonchev–Trinajstić information content (AvgIpc) is 3.07. The van der Waals surface area contributed by atoms with Gasteiger partial charge in [0.05, 0.1) is 5.25 Å². The monoisotopic (exact) mass is 489 g/mol. The Labute approximate surface area is 188 Å². The number of ether oxygens (including phenoxy) is 1. The number of carbonyl (C=O) groups is 1. The highest BCUT2D eigenvalue weighted by Crippen LogP contribution is 2.23. The highest BCUT2D eigenvalue weighted by atomic mass is 79.9. The maximum Gasteiger partial charge on any atom is 0.237 e. The van der Waals surface area contributed by atoms with Crippen molar-refractivity contribution in [3.63, 3.8) is 0 Å². The van der Waals surface area contributed by atoms with Crippen LogP contribution >= 0.6 is 27.7 Å². The van der Waals surface area contributed by atoms with Gasteiger partial charge in [0.2, 0.25) is 11.1 Å². The SMILES string of the molecule is CC(Sc1nnc(COc2ccc(C(C)C)cc2)n1N)C(=O)Nc1ccc(Br)cc1. The van der Waals surface area contributed by atoms with Gasteiger partial charge in [0, 0.05) is 10.2 Å². The Bertz CT molecular complexity index is 990. The van der Waals surface area contributed by atoms with Crippen LogP contribution in [-0.2, 0) is 11.4 Å². The third-order valence-corrected chi connectivity index (χ3v) is 6.00. The molecule has 0 bridgehead atoms. The molecule has 158 valence electrons. The summed E-state index contributed by atoms with van der Waals surface area (Å²) in [5.41, 5.74) is 1.97. The normalized spacial score (nSPS) is 12.0. The molecule has 3 N–H and O–H groups in total. The molecule has 0 aliphatic rings. The maximum atomic E-state index is 12.4. The molecule has 3 aromatic rings. The van der Waals surface area contributed by atoms with Crippen molar-refractivity contribution < 1.29 is 9.53 Å². The number of hydrogen-bond donors (Lipinski definition) is 2. The molecule has 0 aliphatic heterocycles. The van der Waals surface area contributed by atoms with Crippen LogP contribution in [0.5, 0.6) is 5.75 Å². The average molecular weight is 490 g/mol. The Kier molecular flexibility index (Phi) is 7.38. The number of nitrogens with one attached hydrogen (secondary N) is 1. The van der Waals surface area contributed by atoms with Gasteiger partial charge in [-0.15, -0.1) is 10.2 Å². The second kappa shape index (κ2) is 9.99. The number of rotatable bonds is 8. The number of nitrogens with two attached hydrogens (primary N) is 1. The number of benzene rings is 2. The summed E-state index contributed by atoms with van der Waals surface area (Å²) in [5, 5.41) is 11.1. The fourth-order valence-corrected chi connectivity index (χ4v) is 3.63. The van der Waals surface area contributed by atoms with Crippen molar-refractivity contribution in [1.29, 1.82) is 0 Å². The van der Waals surface area contributed by atoms with Crippen molar-refractivity contribution in [2.45, 2.75) is 43.7 Å². The molecule has 2 aromatic carbocycles. The quantitative estimate of drug-likeness (QED) is 0.355. The molecule has 0 saturated carbocycles. The molecule has 9 heteroatoms. The fourth-order valence-electron chi connectivity index (χ4n) is 2.57. The molecular weight excluding hydrogens is 466 g/mol. The van der Waals surface area contributed by atoms with Gasteiger partial charge in [0.15, 0.2) is 5.82 Å². The van der Waals surface area contributed by atoms with Crippen molar-refractivity contribution in [1.82, 2.24) is 14.9 Å². The van der Waals surface area contributed by atoms with Crippen molar-refractivity contribution >= 4 is 39.3 Å². The molecule has 7 nitrogen and oxygen atoms in total. The smallest absolute Gasteiger partial charge is 0.237 e. The molecule has 1 amide bonds. The van der Waals surface area contributed by atoms with Crippen LogP contribution in [0, 0.1) is 0 Å². The van der Waals surface area contributed by atoms with Gasteiger partial charge in [-0.2, -0.15) is 0 Å². The third kappa shape index (κ3) is 5.76. The van der Waals surface area contributed by atoms with Gasteiger partial charge in [-0.3, -0.25) is 4.79 Å². The first kappa shape index (κ1) is 22.2. The molecule has 1 unspecified atom stereocenters. The van der Waals surface area contributed by atoms with E-state index in [9.17, 15) is 4.79 Å². The molecule has 0 fully saturated rings. The first-order chi connectivity index (χ1) is 14.3. The van der Waals surface area contributed by atoms with E-state index in [1.807, 2.05) is 48.5 Å². The molecule has 0 spiro atoms. The van der Waals surface area contributed by atoms with E-state index in [0.717, 1.165) is 15.9 Å². The van der Waals surface area contributed by atoms with Crippen molar-refractivity contribution in [3.05, 3.63) is 64.4 Å². The van der Waals surface area contributed by atoms with Crippen LogP contribution in [0.15, 0.2) is 58.2 Å². The zero-order valence-corrected chi connectivity index (χ0v) is 19.4. The molecule has 0 aliphatic carbocycles. The Morgan fingerprint density at radius 1 is 1.13 bits per heavy atom. The number of halogens is 1. The summed E-state index contributed by atoms with van der Waals surface area (Å²) < 4.78 is 8.07. The number of nitrogen functional groups attached to an aromatic ring is 1. The molecule has 1 atom stereocenters. The summed E-state index contributed by atoms with van der Waals surface area (Å²) in [7, 11) is 0. The van der Waals surface area contributed by atoms with Crippen LogP contribution in [0.1, 0.15) is 38.1 Å². The number of thioether (sulfide) groups is 1. The first-order valence-corrected chi connectivity index (χ1v) is 11.2. The van der Waals surface area contributed by atoms with Crippen LogP contribution in [0.25, 0.3) is 0 Å². The zero-order valence-electron chi connectivity index (χ0n) is 17.0. The van der Waals surface area contributed by atoms with Gasteiger partial charge in [-0.25, -0.2) is 4.68 Å². The van der Waals surface area contributed by atoms with Crippen LogP contribution in [0.2, 0.25) is 0 Å². The summed E-state index contributed by atoms with van der Waals surface area (Å²) in [4.78, 5) is 12.4. The molecule has 1 aromatic heterocycles. The molecule has 1 heterocycles. The van der Waals surface area contributed by atoms with Crippen molar-refractivity contribution in [2.24, 2.45) is 0 Å². The van der Waals surface area contributed by atoms with Gasteiger partial charge >= 0.3 is 0 Å². The number of nitrogens with zero attached hydrogens (tertiary/aromatic N) is 3. The molecular formula is C21H24BrN5O2S. The molecule has 3 rings (SSSR count). The predicted octanol–water partition coefficient (Wildman–Crippen LogP) is 4.58. The second-order valence-electron chi connectivity index (χ2n) is 7.04. The largest absolute Gasteiger partial charge is 0.486 e. The second-order valence-corrected chi connectivity index (χ2v) is 9.26. The van der Waals surface area contributed by atoms with Gasteiger partial charge < -0.3 is 15.9 Å². The third-order valence-electron chi connectivity index (χ3n) is 4.41. The minimum atomic E-state index is -0.405. The topological polar surface area (TPSA) is 95.1 Å². The Morgan fingerprint density at radius 2 is 1.80 bits per heavy atom. The molecule has 30 heavy (non-hydrogen) atoms. The van der Waals surface area contributed by atoms with E-state index in [4.69, 9.17) is 10.6 Å². The summed E-state index contributed by atoms with van der Waals surface area (Å²) >= 11 is 4.61. The van der Waals surface area contributed by atoms with Gasteiger partial charge in [0.1, 0.15) is 12.4 Å². The minimum Gasteiger partial charge on any atom is -0.486 e. The highest BCUT2D eigenvalue weighted by molar-refractivity contribution is 9.10. The number of carbonyl (C=O) groups excluding carboxylic acids is 1. The summed E-state index contributed by atoms with van der Waals surface area (Å²) in [6, 6.07) is 15.3. The Balaban J connectivity index is 1.56. The van der Waals surface area contributed by atoms with Crippen molar-refractivity contribution in [3.8, 4) is 5.75 Å². The van der Waals surface area contributed by atoms with Gasteiger partial charge in [-0.1, -0.05) is 53.7 Å². The van der Waals surface area contributed by atoms with Gasteiger partial charge in [0.25, 0.3) is 0 Å². The minimum absolute atomic E-state index is 0.145. The van der Waals surface area contributed by atoms with Crippen LogP contribution in [-0.4, -0.2) is 26.0 Å². The van der Waals surface area contributed by atoms with E-state index < -0.39 is 5.25 Å². The Morgan fingerprint density at radius 3 is 2.43 bits per heavy atom. The molecule has 0 saturated heterocycles. The number of aromatic nitrogens is 3. The lowest BCUT2D eigenvalue weighted by Crippen LogP contribution is -2.24.